The first-order valence-electron chi connectivity index (χ1n) is 8.34. The Morgan fingerprint density at radius 3 is 2.33 bits per heavy atom. The maximum Gasteiger partial charge on any atom is 0.326 e. The quantitative estimate of drug-likeness (QED) is 0.551. The molecule has 1 aliphatic carbocycles. The number of amides is 3. The SMILES string of the molecule is CC(=O)NCCN(C(=O)CNC(=O)CC1CCCC1)C(C)C(=O)O. The third-order valence-electron chi connectivity index (χ3n) is 4.26. The molecule has 0 spiro atoms. The van der Waals surface area contributed by atoms with Gasteiger partial charge in [0.25, 0.3) is 0 Å². The Balaban J connectivity index is 2.47. The molecule has 136 valence electrons. The van der Waals surface area contributed by atoms with Crippen molar-refractivity contribution in [1.29, 1.82) is 0 Å². The zero-order valence-electron chi connectivity index (χ0n) is 14.3. The van der Waals surface area contributed by atoms with Crippen LogP contribution in [0.1, 0.15) is 46.0 Å². The average molecular weight is 341 g/mol. The van der Waals surface area contributed by atoms with Crippen molar-refractivity contribution in [3.8, 4) is 0 Å². The predicted molar refractivity (Wildman–Crippen MR) is 87.1 cm³/mol. The van der Waals surface area contributed by atoms with Gasteiger partial charge in [0, 0.05) is 26.4 Å². The van der Waals surface area contributed by atoms with E-state index in [9.17, 15) is 19.2 Å². The van der Waals surface area contributed by atoms with Crippen molar-refractivity contribution in [2.24, 2.45) is 5.92 Å². The summed E-state index contributed by atoms with van der Waals surface area (Å²) in [6.07, 6.45) is 4.78. The first-order chi connectivity index (χ1) is 11.3. The minimum absolute atomic E-state index is 0.0738. The summed E-state index contributed by atoms with van der Waals surface area (Å²) in [6, 6.07) is -1.03. The second kappa shape index (κ2) is 9.89. The number of nitrogens with zero attached hydrogens (tertiary/aromatic N) is 1. The molecule has 0 bridgehead atoms. The lowest BCUT2D eigenvalue weighted by Crippen LogP contribution is -2.50. The molecule has 0 aliphatic heterocycles. The van der Waals surface area contributed by atoms with E-state index in [2.05, 4.69) is 10.6 Å². The number of aliphatic carboxylic acids is 1. The number of nitrogens with one attached hydrogen (secondary N) is 2. The first kappa shape index (κ1) is 19.9. The van der Waals surface area contributed by atoms with Crippen molar-refractivity contribution < 1.29 is 24.3 Å². The smallest absolute Gasteiger partial charge is 0.326 e. The van der Waals surface area contributed by atoms with Crippen molar-refractivity contribution >= 4 is 23.7 Å². The molecule has 1 rings (SSSR count). The van der Waals surface area contributed by atoms with E-state index in [1.54, 1.807) is 0 Å². The first-order valence-corrected chi connectivity index (χ1v) is 8.34. The molecule has 0 aromatic heterocycles. The van der Waals surface area contributed by atoms with Crippen molar-refractivity contribution in [1.82, 2.24) is 15.5 Å². The lowest BCUT2D eigenvalue weighted by molar-refractivity contribution is -0.149. The molecule has 1 fully saturated rings. The number of hydrogen-bond donors (Lipinski definition) is 3. The minimum atomic E-state index is -1.14. The van der Waals surface area contributed by atoms with Crippen LogP contribution >= 0.6 is 0 Å². The normalized spacial score (nSPS) is 15.6. The third-order valence-corrected chi connectivity index (χ3v) is 4.26. The summed E-state index contributed by atoms with van der Waals surface area (Å²) in [7, 11) is 0. The van der Waals surface area contributed by atoms with Crippen LogP contribution in [0.4, 0.5) is 0 Å². The molecule has 1 aliphatic rings. The van der Waals surface area contributed by atoms with E-state index in [0.29, 0.717) is 12.3 Å². The molecule has 0 aromatic rings. The number of carbonyl (C=O) groups is 4. The fourth-order valence-electron chi connectivity index (χ4n) is 2.84. The van der Waals surface area contributed by atoms with Crippen LogP contribution in [0.15, 0.2) is 0 Å². The highest BCUT2D eigenvalue weighted by atomic mass is 16.4. The van der Waals surface area contributed by atoms with Gasteiger partial charge in [0.15, 0.2) is 0 Å². The Morgan fingerprint density at radius 2 is 1.79 bits per heavy atom. The highest BCUT2D eigenvalue weighted by Gasteiger charge is 2.26. The highest BCUT2D eigenvalue weighted by molar-refractivity contribution is 5.88. The zero-order chi connectivity index (χ0) is 18.1. The van der Waals surface area contributed by atoms with Crippen LogP contribution in [-0.2, 0) is 19.2 Å². The minimum Gasteiger partial charge on any atom is -0.480 e. The molecule has 1 unspecified atom stereocenters. The second-order valence-electron chi connectivity index (χ2n) is 6.22. The van der Waals surface area contributed by atoms with Gasteiger partial charge in [-0.1, -0.05) is 12.8 Å². The van der Waals surface area contributed by atoms with Crippen LogP contribution in [0.25, 0.3) is 0 Å². The van der Waals surface area contributed by atoms with E-state index < -0.39 is 17.9 Å². The number of rotatable bonds is 9. The zero-order valence-corrected chi connectivity index (χ0v) is 14.3. The maximum absolute atomic E-state index is 12.2. The van der Waals surface area contributed by atoms with Crippen molar-refractivity contribution in [2.75, 3.05) is 19.6 Å². The highest BCUT2D eigenvalue weighted by Crippen LogP contribution is 2.27. The maximum atomic E-state index is 12.2. The molecule has 0 aromatic carbocycles. The van der Waals surface area contributed by atoms with E-state index >= 15 is 0 Å². The van der Waals surface area contributed by atoms with Gasteiger partial charge in [-0.2, -0.15) is 0 Å². The van der Waals surface area contributed by atoms with Gasteiger partial charge in [-0.3, -0.25) is 14.4 Å². The van der Waals surface area contributed by atoms with Gasteiger partial charge >= 0.3 is 5.97 Å². The molecular formula is C16H27N3O5. The molecule has 3 N–H and O–H groups in total. The van der Waals surface area contributed by atoms with Crippen molar-refractivity contribution in [3.63, 3.8) is 0 Å². The van der Waals surface area contributed by atoms with E-state index in [-0.39, 0.29) is 31.4 Å². The van der Waals surface area contributed by atoms with Crippen LogP contribution < -0.4 is 10.6 Å². The summed E-state index contributed by atoms with van der Waals surface area (Å²) < 4.78 is 0. The molecule has 1 saturated carbocycles. The monoisotopic (exact) mass is 341 g/mol. The molecule has 3 amide bonds. The largest absolute Gasteiger partial charge is 0.480 e. The average Bonchev–Trinajstić information content (AvgIpc) is 3.01. The Kier molecular flexibility index (Phi) is 8.21. The molecule has 24 heavy (non-hydrogen) atoms. The summed E-state index contributed by atoms with van der Waals surface area (Å²) in [4.78, 5) is 47.3. The van der Waals surface area contributed by atoms with E-state index in [0.717, 1.165) is 30.6 Å². The van der Waals surface area contributed by atoms with Gasteiger partial charge in [-0.15, -0.1) is 0 Å². The lowest BCUT2D eigenvalue weighted by atomic mass is 10.0. The topological polar surface area (TPSA) is 116 Å². The van der Waals surface area contributed by atoms with Gasteiger partial charge in [-0.25, -0.2) is 4.79 Å². The van der Waals surface area contributed by atoms with Gasteiger partial charge in [0.2, 0.25) is 17.7 Å². The van der Waals surface area contributed by atoms with E-state index in [4.69, 9.17) is 5.11 Å². The van der Waals surface area contributed by atoms with Gasteiger partial charge < -0.3 is 20.6 Å². The van der Waals surface area contributed by atoms with E-state index in [1.807, 2.05) is 0 Å². The van der Waals surface area contributed by atoms with Crippen LogP contribution in [0.3, 0.4) is 0 Å². The van der Waals surface area contributed by atoms with Gasteiger partial charge in [0.1, 0.15) is 6.04 Å². The summed E-state index contributed by atoms with van der Waals surface area (Å²) in [6.45, 7) is 2.74. The van der Waals surface area contributed by atoms with Crippen LogP contribution in [0.5, 0.6) is 0 Å². The van der Waals surface area contributed by atoms with E-state index in [1.165, 1.54) is 13.8 Å². The second-order valence-corrected chi connectivity index (χ2v) is 6.22. The fourth-order valence-corrected chi connectivity index (χ4v) is 2.84. The fraction of sp³-hybridized carbons (Fsp3) is 0.750. The molecule has 8 heteroatoms. The third kappa shape index (κ3) is 6.97. The number of hydrogen-bond acceptors (Lipinski definition) is 4. The number of carboxylic acid groups (broad SMARTS) is 1. The number of carboxylic acids is 1. The molecular weight excluding hydrogens is 314 g/mol. The summed E-state index contributed by atoms with van der Waals surface area (Å²) in [5.41, 5.74) is 0. The number of carbonyl (C=O) groups excluding carboxylic acids is 3. The van der Waals surface area contributed by atoms with Gasteiger partial charge in [0.05, 0.1) is 6.54 Å². The molecule has 0 saturated heterocycles. The standard InChI is InChI=1S/C16H27N3O5/c1-11(16(23)24)19(8-7-17-12(2)20)15(22)10-18-14(21)9-13-5-3-4-6-13/h11,13H,3-10H2,1-2H3,(H,17,20)(H,18,21)(H,23,24). The van der Waals surface area contributed by atoms with Gasteiger partial charge in [-0.05, 0) is 25.7 Å². The molecule has 0 radical (unpaired) electrons. The Morgan fingerprint density at radius 1 is 1.17 bits per heavy atom. The molecule has 1 atom stereocenters. The van der Waals surface area contributed by atoms with Crippen molar-refractivity contribution in [3.05, 3.63) is 0 Å². The van der Waals surface area contributed by atoms with Crippen LogP contribution in [0.2, 0.25) is 0 Å². The Labute approximate surface area is 142 Å². The summed E-state index contributed by atoms with van der Waals surface area (Å²) in [5, 5.41) is 14.2. The Hall–Kier alpha value is -2.12. The lowest BCUT2D eigenvalue weighted by Gasteiger charge is -2.26. The Bertz CT molecular complexity index is 474. The summed E-state index contributed by atoms with van der Waals surface area (Å²) >= 11 is 0. The van der Waals surface area contributed by atoms with Crippen LogP contribution in [0, 0.1) is 5.92 Å². The predicted octanol–water partition coefficient (Wildman–Crippen LogP) is 0.121. The van der Waals surface area contributed by atoms with Crippen LogP contribution in [-0.4, -0.2) is 59.4 Å². The van der Waals surface area contributed by atoms with Crippen molar-refractivity contribution in [2.45, 2.75) is 52.0 Å². The molecule has 0 heterocycles. The summed E-state index contributed by atoms with van der Waals surface area (Å²) in [5.74, 6) is -1.66. The molecule has 8 nitrogen and oxygen atoms in total.